The first-order valence-corrected chi connectivity index (χ1v) is 15.5. The highest BCUT2D eigenvalue weighted by atomic mass is 16.2. The van der Waals surface area contributed by atoms with Gasteiger partial charge in [0, 0.05) is 39.3 Å². The third-order valence-corrected chi connectivity index (χ3v) is 7.61. The maximum Gasteiger partial charge on any atom is 0.329 e. The monoisotopic (exact) mass is 578 g/mol. The van der Waals surface area contributed by atoms with E-state index in [1.54, 1.807) is 14.7 Å². The molecule has 1 aliphatic rings. The molecule has 1 atom stereocenters. The number of hydrogen-bond donors (Lipinski definition) is 1. The number of rotatable bonds is 14. The molecule has 0 unspecified atom stereocenters. The van der Waals surface area contributed by atoms with Crippen molar-refractivity contribution in [1.82, 2.24) is 24.9 Å². The van der Waals surface area contributed by atoms with Gasteiger partial charge in [-0.25, -0.2) is 9.59 Å². The van der Waals surface area contributed by atoms with Crippen LogP contribution in [-0.2, 0) is 4.79 Å². The average molecular weight is 579 g/mol. The van der Waals surface area contributed by atoms with E-state index in [1.165, 1.54) is 0 Å². The van der Waals surface area contributed by atoms with E-state index >= 15 is 0 Å². The minimum absolute atomic E-state index is 0.0385. The van der Waals surface area contributed by atoms with Gasteiger partial charge in [-0.15, -0.1) is 0 Å². The van der Waals surface area contributed by atoms with Crippen molar-refractivity contribution in [2.75, 3.05) is 64.8 Å². The van der Waals surface area contributed by atoms with Gasteiger partial charge in [0.2, 0.25) is 5.91 Å². The van der Waals surface area contributed by atoms with Crippen LogP contribution in [0.4, 0.5) is 21.0 Å². The summed E-state index contributed by atoms with van der Waals surface area (Å²) in [7, 11) is 3.90. The highest BCUT2D eigenvalue weighted by molar-refractivity contribution is 6.01. The zero-order valence-corrected chi connectivity index (χ0v) is 26.0. The molecule has 3 rings (SSSR count). The normalized spacial score (nSPS) is 15.0. The van der Waals surface area contributed by atoms with Gasteiger partial charge in [-0.2, -0.15) is 0 Å². The first kappa shape index (κ1) is 32.9. The topological polar surface area (TPSA) is 79.4 Å². The van der Waals surface area contributed by atoms with Crippen LogP contribution in [0.5, 0.6) is 0 Å². The number of carbonyl (C=O) groups is 3. The Bertz CT molecular complexity index is 1050. The van der Waals surface area contributed by atoms with Crippen molar-refractivity contribution >= 4 is 29.3 Å². The highest BCUT2D eigenvalue weighted by Gasteiger charge is 2.40. The van der Waals surface area contributed by atoms with Crippen LogP contribution in [0, 0.1) is 0 Å². The quantitative estimate of drug-likeness (QED) is 0.304. The van der Waals surface area contributed by atoms with E-state index < -0.39 is 6.04 Å². The number of carbonyl (C=O) groups excluding carboxylic acids is 3. The summed E-state index contributed by atoms with van der Waals surface area (Å²) in [6.45, 7) is 7.69. The van der Waals surface area contributed by atoms with E-state index in [0.717, 1.165) is 49.9 Å². The molecule has 1 aliphatic heterocycles. The van der Waals surface area contributed by atoms with Gasteiger partial charge < -0.3 is 24.9 Å². The molecule has 9 heteroatoms. The second-order valence-corrected chi connectivity index (χ2v) is 11.2. The van der Waals surface area contributed by atoms with Gasteiger partial charge in [-0.1, -0.05) is 75.9 Å². The molecule has 0 spiro atoms. The minimum atomic E-state index is -0.805. The van der Waals surface area contributed by atoms with E-state index in [9.17, 15) is 14.4 Å². The number of amides is 5. The van der Waals surface area contributed by atoms with Gasteiger partial charge in [0.25, 0.3) is 0 Å². The lowest BCUT2D eigenvalue weighted by Crippen LogP contribution is -2.64. The van der Waals surface area contributed by atoms with E-state index in [0.29, 0.717) is 32.7 Å². The molecule has 1 saturated heterocycles. The lowest BCUT2D eigenvalue weighted by Gasteiger charge is -2.43. The standard InChI is InChI=1S/C33H50N6O3/c1-5-7-15-22-36(23-16-8-6-2)32(41)37-25-26-38(30(27-37)31(40)34-21-24-35(3)4)33(42)39(28-17-11-9-12-18-28)29-19-13-10-14-20-29/h9-14,17-20,30H,5-8,15-16,21-27H2,1-4H3,(H,34,40)/t30-/m0/s1. The van der Waals surface area contributed by atoms with Crippen molar-refractivity contribution < 1.29 is 14.4 Å². The van der Waals surface area contributed by atoms with Crippen molar-refractivity contribution in [3.8, 4) is 0 Å². The smallest absolute Gasteiger partial charge is 0.329 e. The fraction of sp³-hybridized carbons (Fsp3) is 0.545. The molecule has 9 nitrogen and oxygen atoms in total. The van der Waals surface area contributed by atoms with Crippen LogP contribution in [0.2, 0.25) is 0 Å². The Morgan fingerprint density at radius 2 is 1.31 bits per heavy atom. The number of benzene rings is 2. The summed E-state index contributed by atoms with van der Waals surface area (Å²) < 4.78 is 0. The Morgan fingerprint density at radius 3 is 1.81 bits per heavy atom. The fourth-order valence-corrected chi connectivity index (χ4v) is 5.19. The summed E-state index contributed by atoms with van der Waals surface area (Å²) in [5.74, 6) is -0.243. The summed E-state index contributed by atoms with van der Waals surface area (Å²) >= 11 is 0. The predicted octanol–water partition coefficient (Wildman–Crippen LogP) is 5.41. The third kappa shape index (κ3) is 9.48. The van der Waals surface area contributed by atoms with Crippen LogP contribution < -0.4 is 10.2 Å². The van der Waals surface area contributed by atoms with E-state index in [-0.39, 0.29) is 31.1 Å². The number of anilines is 2. The average Bonchev–Trinajstić information content (AvgIpc) is 3.00. The van der Waals surface area contributed by atoms with Gasteiger partial charge in [0.1, 0.15) is 6.04 Å². The van der Waals surface area contributed by atoms with Gasteiger partial charge >= 0.3 is 12.1 Å². The van der Waals surface area contributed by atoms with Crippen LogP contribution in [0.15, 0.2) is 60.7 Å². The molecule has 0 aliphatic carbocycles. The predicted molar refractivity (Wildman–Crippen MR) is 170 cm³/mol. The molecular weight excluding hydrogens is 528 g/mol. The van der Waals surface area contributed by atoms with Crippen molar-refractivity contribution in [3.63, 3.8) is 0 Å². The molecule has 1 heterocycles. The Labute approximate surface area is 252 Å². The molecule has 2 aromatic rings. The van der Waals surface area contributed by atoms with Gasteiger partial charge in [0.05, 0.1) is 17.9 Å². The van der Waals surface area contributed by atoms with Gasteiger partial charge in [-0.05, 0) is 51.2 Å². The molecule has 0 radical (unpaired) electrons. The van der Waals surface area contributed by atoms with Crippen LogP contribution >= 0.6 is 0 Å². The molecule has 5 amide bonds. The lowest BCUT2D eigenvalue weighted by atomic mass is 10.1. The highest BCUT2D eigenvalue weighted by Crippen LogP contribution is 2.28. The van der Waals surface area contributed by atoms with Crippen LogP contribution in [-0.4, -0.2) is 104 Å². The summed E-state index contributed by atoms with van der Waals surface area (Å²) in [4.78, 5) is 50.8. The summed E-state index contributed by atoms with van der Waals surface area (Å²) in [5.41, 5.74) is 1.44. The first-order valence-electron chi connectivity index (χ1n) is 15.5. The number of piperazine rings is 1. The van der Waals surface area contributed by atoms with Gasteiger partial charge in [0.15, 0.2) is 0 Å². The van der Waals surface area contributed by atoms with E-state index in [4.69, 9.17) is 0 Å². The summed E-state index contributed by atoms with van der Waals surface area (Å²) in [5, 5.41) is 3.01. The largest absolute Gasteiger partial charge is 0.353 e. The Morgan fingerprint density at radius 1 is 0.762 bits per heavy atom. The first-order chi connectivity index (χ1) is 20.4. The molecular formula is C33H50N6O3. The molecule has 230 valence electrons. The molecule has 42 heavy (non-hydrogen) atoms. The SMILES string of the molecule is CCCCCN(CCCCC)C(=O)N1CCN(C(=O)N(c2ccccc2)c2ccccc2)[C@H](C(=O)NCCN(C)C)C1. The van der Waals surface area contributed by atoms with Crippen LogP contribution in [0.25, 0.3) is 0 Å². The van der Waals surface area contributed by atoms with Crippen molar-refractivity contribution in [2.45, 2.75) is 58.4 Å². The van der Waals surface area contributed by atoms with Crippen molar-refractivity contribution in [2.24, 2.45) is 0 Å². The number of unbranched alkanes of at least 4 members (excludes halogenated alkanes) is 4. The molecule has 2 aromatic carbocycles. The maximum absolute atomic E-state index is 14.3. The number of nitrogens with one attached hydrogen (secondary N) is 1. The van der Waals surface area contributed by atoms with Gasteiger partial charge in [-0.3, -0.25) is 9.69 Å². The Balaban J connectivity index is 1.87. The Kier molecular flexibility index (Phi) is 13.6. The number of hydrogen-bond acceptors (Lipinski definition) is 4. The van der Waals surface area contributed by atoms with E-state index in [2.05, 4.69) is 19.2 Å². The number of likely N-dealkylation sites (N-methyl/N-ethyl adjacent to an activating group) is 1. The fourth-order valence-electron chi connectivity index (χ4n) is 5.19. The Hall–Kier alpha value is -3.59. The summed E-state index contributed by atoms with van der Waals surface area (Å²) in [6.07, 6.45) is 6.25. The van der Waals surface area contributed by atoms with Crippen LogP contribution in [0.3, 0.4) is 0 Å². The number of urea groups is 2. The van der Waals surface area contributed by atoms with Crippen LogP contribution in [0.1, 0.15) is 52.4 Å². The number of nitrogens with zero attached hydrogens (tertiary/aromatic N) is 5. The molecule has 0 bridgehead atoms. The zero-order valence-electron chi connectivity index (χ0n) is 26.0. The lowest BCUT2D eigenvalue weighted by molar-refractivity contribution is -0.127. The summed E-state index contributed by atoms with van der Waals surface area (Å²) in [6, 6.07) is 17.8. The minimum Gasteiger partial charge on any atom is -0.353 e. The molecule has 0 aromatic heterocycles. The molecule has 1 fully saturated rings. The second kappa shape index (κ2) is 17.4. The third-order valence-electron chi connectivity index (χ3n) is 7.61. The number of para-hydroxylation sites is 2. The second-order valence-electron chi connectivity index (χ2n) is 11.2. The molecule has 0 saturated carbocycles. The van der Waals surface area contributed by atoms with Crippen molar-refractivity contribution in [1.29, 1.82) is 0 Å². The van der Waals surface area contributed by atoms with Crippen molar-refractivity contribution in [3.05, 3.63) is 60.7 Å². The van der Waals surface area contributed by atoms with E-state index in [1.807, 2.05) is 84.6 Å². The molecule has 1 N–H and O–H groups in total. The zero-order chi connectivity index (χ0) is 30.3. The maximum atomic E-state index is 14.3.